The number of carbonyl (C=O) groups excluding carboxylic acids is 1. The summed E-state index contributed by atoms with van der Waals surface area (Å²) in [5.41, 5.74) is 0. The van der Waals surface area contributed by atoms with Gasteiger partial charge in [0.1, 0.15) is 0 Å². The number of hydrogen-bond donors (Lipinski definition) is 3. The molecule has 0 aromatic heterocycles. The van der Waals surface area contributed by atoms with E-state index in [4.69, 9.17) is 5.11 Å². The molecule has 20 heavy (non-hydrogen) atoms. The van der Waals surface area contributed by atoms with Crippen LogP contribution in [0, 0.1) is 11.8 Å². The third-order valence-corrected chi connectivity index (χ3v) is 4.11. The van der Waals surface area contributed by atoms with Crippen LogP contribution in [-0.2, 0) is 4.79 Å². The van der Waals surface area contributed by atoms with Gasteiger partial charge in [-0.15, -0.1) is 0 Å². The first-order chi connectivity index (χ1) is 9.38. The number of hydrogen-bond acceptors (Lipinski definition) is 2. The Morgan fingerprint density at radius 1 is 1.20 bits per heavy atom. The quantitative estimate of drug-likeness (QED) is 0.679. The zero-order chi connectivity index (χ0) is 15.1. The van der Waals surface area contributed by atoms with Crippen LogP contribution in [0.2, 0.25) is 0 Å². The molecule has 3 N–H and O–H groups in total. The normalized spacial score (nSPS) is 24.8. The van der Waals surface area contributed by atoms with Gasteiger partial charge < -0.3 is 15.7 Å². The van der Waals surface area contributed by atoms with Crippen LogP contribution in [0.15, 0.2) is 0 Å². The van der Waals surface area contributed by atoms with E-state index < -0.39 is 5.97 Å². The summed E-state index contributed by atoms with van der Waals surface area (Å²) in [5.74, 6) is -0.0430. The molecular formula is C15H28N2O3. The molecule has 1 aliphatic carbocycles. The first-order valence-corrected chi connectivity index (χ1v) is 7.67. The Morgan fingerprint density at radius 3 is 2.50 bits per heavy atom. The van der Waals surface area contributed by atoms with E-state index in [0.717, 1.165) is 31.6 Å². The summed E-state index contributed by atoms with van der Waals surface area (Å²) in [6.45, 7) is 6.09. The molecule has 1 aliphatic rings. The van der Waals surface area contributed by atoms with Crippen molar-refractivity contribution in [3.63, 3.8) is 0 Å². The maximum Gasteiger partial charge on any atom is 0.315 e. The molecule has 1 saturated carbocycles. The van der Waals surface area contributed by atoms with Crippen molar-refractivity contribution in [2.24, 2.45) is 11.8 Å². The Kier molecular flexibility index (Phi) is 6.82. The van der Waals surface area contributed by atoms with Gasteiger partial charge in [-0.1, -0.05) is 33.6 Å². The lowest BCUT2D eigenvalue weighted by Crippen LogP contribution is -2.48. The zero-order valence-corrected chi connectivity index (χ0v) is 12.8. The van der Waals surface area contributed by atoms with Gasteiger partial charge in [0.2, 0.25) is 0 Å². The van der Waals surface area contributed by atoms with Crippen LogP contribution >= 0.6 is 0 Å². The third-order valence-electron chi connectivity index (χ3n) is 4.11. The Balaban J connectivity index is 2.42. The van der Waals surface area contributed by atoms with E-state index in [1.807, 2.05) is 13.8 Å². The van der Waals surface area contributed by atoms with Crippen molar-refractivity contribution in [2.45, 2.75) is 71.4 Å². The number of carbonyl (C=O) groups is 2. The van der Waals surface area contributed by atoms with Crippen LogP contribution < -0.4 is 10.6 Å². The number of carboxylic acids is 1. The van der Waals surface area contributed by atoms with Crippen LogP contribution in [0.1, 0.15) is 59.3 Å². The number of amides is 2. The summed E-state index contributed by atoms with van der Waals surface area (Å²) in [6.07, 6.45) is 5.52. The number of urea groups is 1. The number of carboxylic acid groups (broad SMARTS) is 1. The average molecular weight is 284 g/mol. The Bertz CT molecular complexity index is 331. The van der Waals surface area contributed by atoms with Crippen molar-refractivity contribution >= 4 is 12.0 Å². The van der Waals surface area contributed by atoms with E-state index in [1.54, 1.807) is 0 Å². The van der Waals surface area contributed by atoms with Crippen LogP contribution in [0.5, 0.6) is 0 Å². The van der Waals surface area contributed by atoms with Crippen LogP contribution in [0.3, 0.4) is 0 Å². The van der Waals surface area contributed by atoms with Crippen molar-refractivity contribution in [3.8, 4) is 0 Å². The molecule has 1 fully saturated rings. The van der Waals surface area contributed by atoms with Gasteiger partial charge in [-0.05, 0) is 31.1 Å². The monoisotopic (exact) mass is 284 g/mol. The lowest BCUT2D eigenvalue weighted by Gasteiger charge is -2.23. The largest absolute Gasteiger partial charge is 0.481 e. The predicted octanol–water partition coefficient (Wildman–Crippen LogP) is 2.75. The molecule has 3 unspecified atom stereocenters. The van der Waals surface area contributed by atoms with Gasteiger partial charge in [-0.2, -0.15) is 0 Å². The molecule has 5 heteroatoms. The van der Waals surface area contributed by atoms with E-state index >= 15 is 0 Å². The van der Waals surface area contributed by atoms with Crippen LogP contribution in [0.25, 0.3) is 0 Å². The summed E-state index contributed by atoms with van der Waals surface area (Å²) in [7, 11) is 0. The van der Waals surface area contributed by atoms with Crippen molar-refractivity contribution < 1.29 is 14.7 Å². The standard InChI is InChI=1S/C15H28N2O3/c1-10(2)13(9-14(18)19)17-15(20)16-12-6-4-5-11(3)7-8-12/h10-13H,4-9H2,1-3H3,(H,18,19)(H2,16,17,20). The molecule has 0 heterocycles. The highest BCUT2D eigenvalue weighted by Crippen LogP contribution is 2.22. The average Bonchev–Trinajstić information content (AvgIpc) is 2.53. The molecule has 0 bridgehead atoms. The van der Waals surface area contributed by atoms with E-state index in [-0.39, 0.29) is 30.5 Å². The van der Waals surface area contributed by atoms with Crippen LogP contribution in [0.4, 0.5) is 4.79 Å². The van der Waals surface area contributed by atoms with Gasteiger partial charge in [-0.25, -0.2) is 4.79 Å². The van der Waals surface area contributed by atoms with Gasteiger partial charge in [0.25, 0.3) is 0 Å². The molecule has 116 valence electrons. The predicted molar refractivity (Wildman–Crippen MR) is 78.6 cm³/mol. The molecule has 0 aromatic carbocycles. The Labute approximate surface area is 121 Å². The number of aliphatic carboxylic acids is 1. The van der Waals surface area contributed by atoms with Gasteiger partial charge in [0.15, 0.2) is 0 Å². The first-order valence-electron chi connectivity index (χ1n) is 7.67. The molecule has 1 rings (SSSR count). The van der Waals surface area contributed by atoms with E-state index in [9.17, 15) is 9.59 Å². The summed E-state index contributed by atoms with van der Waals surface area (Å²) < 4.78 is 0. The fraction of sp³-hybridized carbons (Fsp3) is 0.867. The molecule has 0 aliphatic heterocycles. The van der Waals surface area contributed by atoms with E-state index in [2.05, 4.69) is 17.6 Å². The van der Waals surface area contributed by atoms with E-state index in [0.29, 0.717) is 0 Å². The first kappa shape index (κ1) is 16.8. The van der Waals surface area contributed by atoms with E-state index in [1.165, 1.54) is 6.42 Å². The van der Waals surface area contributed by atoms with Gasteiger partial charge in [0, 0.05) is 12.1 Å². The molecule has 0 spiro atoms. The Morgan fingerprint density at radius 2 is 1.90 bits per heavy atom. The highest BCUT2D eigenvalue weighted by Gasteiger charge is 2.22. The summed E-state index contributed by atoms with van der Waals surface area (Å²) in [5, 5.41) is 14.7. The second-order valence-electron chi connectivity index (χ2n) is 6.38. The van der Waals surface area contributed by atoms with Gasteiger partial charge >= 0.3 is 12.0 Å². The number of nitrogens with one attached hydrogen (secondary N) is 2. The highest BCUT2D eigenvalue weighted by atomic mass is 16.4. The molecule has 0 saturated heterocycles. The SMILES string of the molecule is CC1CCCC(NC(=O)NC(CC(=O)O)C(C)C)CC1. The number of rotatable bonds is 5. The van der Waals surface area contributed by atoms with Crippen molar-refractivity contribution in [1.29, 1.82) is 0 Å². The van der Waals surface area contributed by atoms with Gasteiger partial charge in [-0.3, -0.25) is 4.79 Å². The maximum absolute atomic E-state index is 12.0. The van der Waals surface area contributed by atoms with Crippen molar-refractivity contribution in [3.05, 3.63) is 0 Å². The fourth-order valence-electron chi connectivity index (χ4n) is 2.67. The molecule has 2 amide bonds. The highest BCUT2D eigenvalue weighted by molar-refractivity contribution is 5.76. The molecule has 5 nitrogen and oxygen atoms in total. The lowest BCUT2D eigenvalue weighted by molar-refractivity contribution is -0.137. The topological polar surface area (TPSA) is 78.4 Å². The second kappa shape index (κ2) is 8.12. The Hall–Kier alpha value is -1.26. The van der Waals surface area contributed by atoms with Crippen molar-refractivity contribution in [1.82, 2.24) is 10.6 Å². The second-order valence-corrected chi connectivity index (χ2v) is 6.38. The summed E-state index contributed by atoms with van der Waals surface area (Å²) in [6, 6.07) is -0.334. The lowest BCUT2D eigenvalue weighted by atomic mass is 10.0. The zero-order valence-electron chi connectivity index (χ0n) is 12.8. The smallest absolute Gasteiger partial charge is 0.315 e. The minimum absolute atomic E-state index is 0.0349. The summed E-state index contributed by atoms with van der Waals surface area (Å²) in [4.78, 5) is 22.8. The maximum atomic E-state index is 12.0. The van der Waals surface area contributed by atoms with Gasteiger partial charge in [0.05, 0.1) is 6.42 Å². The minimum atomic E-state index is -0.882. The fourth-order valence-corrected chi connectivity index (χ4v) is 2.67. The molecule has 3 atom stereocenters. The summed E-state index contributed by atoms with van der Waals surface area (Å²) >= 11 is 0. The van der Waals surface area contributed by atoms with Crippen molar-refractivity contribution in [2.75, 3.05) is 0 Å². The minimum Gasteiger partial charge on any atom is -0.481 e. The molecule has 0 radical (unpaired) electrons. The molecular weight excluding hydrogens is 256 g/mol. The van der Waals surface area contributed by atoms with Crippen LogP contribution in [-0.4, -0.2) is 29.2 Å². The molecule has 0 aromatic rings. The third kappa shape index (κ3) is 6.26.